The van der Waals surface area contributed by atoms with Crippen LogP contribution in [0.2, 0.25) is 0 Å². The van der Waals surface area contributed by atoms with E-state index < -0.39 is 41.7 Å². The van der Waals surface area contributed by atoms with Crippen molar-refractivity contribution in [2.45, 2.75) is 25.2 Å². The van der Waals surface area contributed by atoms with Crippen LogP contribution in [-0.4, -0.2) is 18.2 Å². The Morgan fingerprint density at radius 1 is 0.431 bits per heavy atom. The molecule has 4 amide bonds. The second-order valence-corrected chi connectivity index (χ2v) is 12.7. The molecule has 6 aromatic rings. The van der Waals surface area contributed by atoms with E-state index in [-0.39, 0.29) is 47.1 Å². The molecule has 4 N–H and O–H groups in total. The first-order valence-corrected chi connectivity index (χ1v) is 17.4. The van der Waals surface area contributed by atoms with Crippen LogP contribution in [0.5, 0.6) is 11.5 Å². The normalized spacial score (nSPS) is 11.3. The van der Waals surface area contributed by atoms with Gasteiger partial charge in [0.1, 0.15) is 11.5 Å². The predicted octanol–water partition coefficient (Wildman–Crippen LogP) is 11.8. The molecule has 0 saturated heterocycles. The Labute approximate surface area is 327 Å². The van der Waals surface area contributed by atoms with Gasteiger partial charge < -0.3 is 30.7 Å². The Bertz CT molecular complexity index is 2240. The first-order valence-electron chi connectivity index (χ1n) is 17.4. The lowest BCUT2D eigenvalue weighted by Crippen LogP contribution is -2.20. The van der Waals surface area contributed by atoms with Crippen LogP contribution in [0.15, 0.2) is 146 Å². The fourth-order valence-electron chi connectivity index (χ4n) is 5.76. The molecule has 0 aliphatic rings. The third-order valence-electron chi connectivity index (χ3n) is 8.39. The number of alkyl halides is 6. The molecule has 6 aromatic carbocycles. The number of hydrogen-bond donors (Lipinski definition) is 4. The molecule has 0 heterocycles. The average molecular weight is 799 g/mol. The van der Waals surface area contributed by atoms with Crippen molar-refractivity contribution in [3.63, 3.8) is 0 Å². The Hall–Kier alpha value is -7.29. The highest BCUT2D eigenvalue weighted by atomic mass is 19.4. The summed E-state index contributed by atoms with van der Waals surface area (Å²) in [6, 6.07) is 33.8. The highest BCUT2D eigenvalue weighted by Crippen LogP contribution is 2.33. The average Bonchev–Trinajstić information content (AvgIpc) is 3.17. The van der Waals surface area contributed by atoms with E-state index in [2.05, 4.69) is 21.3 Å². The molecule has 0 radical (unpaired) electrons. The van der Waals surface area contributed by atoms with Crippen molar-refractivity contribution >= 4 is 41.0 Å². The topological polar surface area (TPSA) is 118 Å². The fraction of sp³-hybridized carbons (Fsp3) is 0.0930. The Kier molecular flexibility index (Phi) is 12.3. The molecule has 0 aliphatic heterocycles. The largest absolute Gasteiger partial charge is 0.519 e. The lowest BCUT2D eigenvalue weighted by Gasteiger charge is -2.16. The van der Waals surface area contributed by atoms with Gasteiger partial charge in [0.15, 0.2) is 0 Å². The number of amides is 4. The van der Waals surface area contributed by atoms with Crippen LogP contribution in [0.3, 0.4) is 0 Å². The van der Waals surface area contributed by atoms with Gasteiger partial charge >= 0.3 is 30.6 Å². The molecule has 15 heteroatoms. The second kappa shape index (κ2) is 17.7. The molecule has 0 aliphatic carbocycles. The van der Waals surface area contributed by atoms with Gasteiger partial charge in [-0.15, -0.1) is 0 Å². The number of urea groups is 2. The molecular formula is C43H32F6N4O5. The lowest BCUT2D eigenvalue weighted by molar-refractivity contribution is -0.138. The molecule has 0 unspecified atom stereocenters. The van der Waals surface area contributed by atoms with Gasteiger partial charge in [-0.2, -0.15) is 26.3 Å². The number of carbonyl (C=O) groups excluding carboxylic acids is 3. The van der Waals surface area contributed by atoms with Gasteiger partial charge in [-0.05, 0) is 83.9 Å². The molecule has 296 valence electrons. The Morgan fingerprint density at radius 3 is 1.16 bits per heavy atom. The number of anilines is 4. The smallest absolute Gasteiger partial charge is 0.394 e. The van der Waals surface area contributed by atoms with Crippen molar-refractivity contribution in [1.29, 1.82) is 0 Å². The SMILES string of the molecule is O=C(Nc1cccc(C(F)(F)F)c1)Nc1ccc(OC(=O)Oc2ccc(NC(=O)Nc3cccc(C(F)(F)F)c3)cc2Cc2ccccc2)c(Cc2ccccc2)c1. The van der Waals surface area contributed by atoms with Crippen molar-refractivity contribution in [2.75, 3.05) is 21.3 Å². The molecule has 0 fully saturated rings. The van der Waals surface area contributed by atoms with E-state index >= 15 is 0 Å². The van der Waals surface area contributed by atoms with Crippen molar-refractivity contribution in [3.05, 3.63) is 179 Å². The van der Waals surface area contributed by atoms with Gasteiger partial charge in [-0.3, -0.25) is 0 Å². The first kappa shape index (κ1) is 40.4. The number of benzene rings is 6. The molecule has 0 atom stereocenters. The van der Waals surface area contributed by atoms with Gasteiger partial charge in [0.05, 0.1) is 11.1 Å². The number of rotatable bonds is 10. The third kappa shape index (κ3) is 11.4. The van der Waals surface area contributed by atoms with Gasteiger partial charge in [0.25, 0.3) is 0 Å². The number of nitrogens with one attached hydrogen (secondary N) is 4. The van der Waals surface area contributed by atoms with Crippen LogP contribution in [0.25, 0.3) is 0 Å². The van der Waals surface area contributed by atoms with E-state index in [4.69, 9.17) is 9.47 Å². The van der Waals surface area contributed by atoms with Crippen LogP contribution in [0.4, 0.5) is 63.5 Å². The van der Waals surface area contributed by atoms with Crippen LogP contribution in [0.1, 0.15) is 33.4 Å². The quantitative estimate of drug-likeness (QED) is 0.0625. The summed E-state index contributed by atoms with van der Waals surface area (Å²) in [5, 5.41) is 9.93. The van der Waals surface area contributed by atoms with Gasteiger partial charge in [-0.25, -0.2) is 14.4 Å². The van der Waals surface area contributed by atoms with Crippen LogP contribution in [-0.2, 0) is 25.2 Å². The highest BCUT2D eigenvalue weighted by Gasteiger charge is 2.31. The summed E-state index contributed by atoms with van der Waals surface area (Å²) in [6.45, 7) is 0. The summed E-state index contributed by atoms with van der Waals surface area (Å²) in [6.07, 6.45) is -9.82. The number of halogens is 6. The lowest BCUT2D eigenvalue weighted by atomic mass is 10.0. The zero-order valence-corrected chi connectivity index (χ0v) is 30.1. The van der Waals surface area contributed by atoms with Crippen molar-refractivity contribution in [1.82, 2.24) is 0 Å². The molecule has 0 saturated carbocycles. The third-order valence-corrected chi connectivity index (χ3v) is 8.39. The second-order valence-electron chi connectivity index (χ2n) is 12.7. The van der Waals surface area contributed by atoms with Crippen molar-refractivity contribution < 1.29 is 50.2 Å². The first-order chi connectivity index (χ1) is 27.7. The van der Waals surface area contributed by atoms with Crippen molar-refractivity contribution in [2.24, 2.45) is 0 Å². The van der Waals surface area contributed by atoms with Crippen LogP contribution >= 0.6 is 0 Å². The minimum absolute atomic E-state index is 0.0756. The molecular weight excluding hydrogens is 766 g/mol. The zero-order chi connectivity index (χ0) is 41.3. The summed E-state index contributed by atoms with van der Waals surface area (Å²) < 4.78 is 90.4. The van der Waals surface area contributed by atoms with E-state index in [1.807, 2.05) is 60.7 Å². The van der Waals surface area contributed by atoms with Gasteiger partial charge in [0.2, 0.25) is 0 Å². The minimum atomic E-state index is -4.60. The standard InChI is InChI=1S/C43H32F6N4O5/c44-42(45,46)31-13-7-15-33(25-31)50-39(54)52-35-17-19-37(29(23-35)21-27-9-3-1-4-10-27)57-41(56)58-38-20-18-36(24-30(38)22-28-11-5-2-6-12-28)53-40(55)51-34-16-8-14-32(26-34)43(47,48)49/h1-20,23-26H,21-22H2,(H2,50,52,54)(H2,51,53,55). The van der Waals surface area contributed by atoms with E-state index in [1.54, 1.807) is 12.1 Å². The molecule has 0 bridgehead atoms. The fourth-order valence-corrected chi connectivity index (χ4v) is 5.76. The minimum Gasteiger partial charge on any atom is -0.394 e. The monoisotopic (exact) mass is 798 g/mol. The van der Waals surface area contributed by atoms with E-state index in [0.717, 1.165) is 35.4 Å². The maximum absolute atomic E-state index is 13.4. The summed E-state index contributed by atoms with van der Waals surface area (Å²) >= 11 is 0. The summed E-state index contributed by atoms with van der Waals surface area (Å²) in [4.78, 5) is 38.9. The zero-order valence-electron chi connectivity index (χ0n) is 30.1. The number of ether oxygens (including phenoxy) is 2. The van der Waals surface area contributed by atoms with E-state index in [1.165, 1.54) is 48.5 Å². The maximum Gasteiger partial charge on any atom is 0.519 e. The van der Waals surface area contributed by atoms with Crippen LogP contribution < -0.4 is 30.7 Å². The summed E-state index contributed by atoms with van der Waals surface area (Å²) in [5.41, 5.74) is 1.07. The van der Waals surface area contributed by atoms with Gasteiger partial charge in [0, 0.05) is 46.7 Å². The summed E-state index contributed by atoms with van der Waals surface area (Å²) in [5.74, 6) is 0.179. The highest BCUT2D eigenvalue weighted by molar-refractivity contribution is 6.00. The molecule has 0 aromatic heterocycles. The number of hydrogen-bond acceptors (Lipinski definition) is 5. The Balaban J connectivity index is 1.19. The molecule has 58 heavy (non-hydrogen) atoms. The maximum atomic E-state index is 13.4. The molecule has 0 spiro atoms. The van der Waals surface area contributed by atoms with Crippen LogP contribution in [0, 0.1) is 0 Å². The van der Waals surface area contributed by atoms with E-state index in [0.29, 0.717) is 11.1 Å². The Morgan fingerprint density at radius 2 is 0.793 bits per heavy atom. The summed E-state index contributed by atoms with van der Waals surface area (Å²) in [7, 11) is 0. The van der Waals surface area contributed by atoms with Crippen molar-refractivity contribution in [3.8, 4) is 11.5 Å². The molecule has 9 nitrogen and oxygen atoms in total. The predicted molar refractivity (Wildman–Crippen MR) is 206 cm³/mol. The molecule has 6 rings (SSSR count). The van der Waals surface area contributed by atoms with Gasteiger partial charge in [-0.1, -0.05) is 72.8 Å². The number of carbonyl (C=O) groups is 3. The van der Waals surface area contributed by atoms with E-state index in [9.17, 15) is 40.7 Å².